The van der Waals surface area contributed by atoms with Crippen LogP contribution in [0.2, 0.25) is 0 Å². The van der Waals surface area contributed by atoms with E-state index in [-0.39, 0.29) is 18.1 Å². The van der Waals surface area contributed by atoms with Gasteiger partial charge < -0.3 is 18.9 Å². The Labute approximate surface area is 228 Å². The lowest BCUT2D eigenvalue weighted by Crippen LogP contribution is -2.58. The lowest BCUT2D eigenvalue weighted by molar-refractivity contribution is -0.113. The van der Waals surface area contributed by atoms with Crippen molar-refractivity contribution >= 4 is 23.2 Å². The predicted molar refractivity (Wildman–Crippen MR) is 141 cm³/mol. The smallest absolute Gasteiger partial charge is 0.282 e. The maximum Gasteiger partial charge on any atom is 0.282 e. The zero-order valence-corrected chi connectivity index (χ0v) is 21.7. The molecule has 0 saturated carbocycles. The number of benzene rings is 1. The molecule has 2 aromatic heterocycles. The monoisotopic (exact) mass is 548 g/mol. The highest BCUT2D eigenvalue weighted by Crippen LogP contribution is 2.29. The van der Waals surface area contributed by atoms with Gasteiger partial charge in [0.15, 0.2) is 5.76 Å². The summed E-state index contributed by atoms with van der Waals surface area (Å²) in [5.74, 6) is -2.16. The van der Waals surface area contributed by atoms with Crippen molar-refractivity contribution in [3.63, 3.8) is 0 Å². The lowest BCUT2D eigenvalue weighted by Gasteiger charge is -2.38. The number of carbonyl (C=O) groups excluding carboxylic acids is 1. The van der Waals surface area contributed by atoms with Gasteiger partial charge in [-0.15, -0.1) is 0 Å². The number of amides is 1. The van der Waals surface area contributed by atoms with Gasteiger partial charge in [-0.1, -0.05) is 23.4 Å². The second-order valence-electron chi connectivity index (χ2n) is 9.91. The summed E-state index contributed by atoms with van der Waals surface area (Å²) in [6.07, 6.45) is 2.76. The summed E-state index contributed by atoms with van der Waals surface area (Å²) in [7, 11) is 1.59. The van der Waals surface area contributed by atoms with E-state index in [0.717, 1.165) is 27.5 Å². The van der Waals surface area contributed by atoms with Gasteiger partial charge >= 0.3 is 0 Å². The maximum absolute atomic E-state index is 13.1. The summed E-state index contributed by atoms with van der Waals surface area (Å²) < 4.78 is 42.9. The van der Waals surface area contributed by atoms with Crippen molar-refractivity contribution in [1.29, 1.82) is 0 Å². The first-order chi connectivity index (χ1) is 19.4. The quantitative estimate of drug-likeness (QED) is 0.462. The summed E-state index contributed by atoms with van der Waals surface area (Å²) in [5.41, 5.74) is 4.75. The Morgan fingerprint density at radius 1 is 1.12 bits per heavy atom. The zero-order valence-electron chi connectivity index (χ0n) is 21.7. The van der Waals surface area contributed by atoms with Gasteiger partial charge in [0.1, 0.15) is 18.9 Å². The van der Waals surface area contributed by atoms with Crippen LogP contribution in [-0.4, -0.2) is 70.9 Å². The summed E-state index contributed by atoms with van der Waals surface area (Å²) in [6.45, 7) is -0.208. The minimum Gasteiger partial charge on any atom is -0.471 e. The molecule has 10 nitrogen and oxygen atoms in total. The number of alkyl halides is 2. The molecule has 1 atom stereocenters. The third-order valence-electron chi connectivity index (χ3n) is 6.97. The van der Waals surface area contributed by atoms with Crippen LogP contribution in [0.15, 0.2) is 68.4 Å². The number of halogens is 2. The number of methoxy groups -OCH3 is 1. The Morgan fingerprint density at radius 3 is 2.70 bits per heavy atom. The van der Waals surface area contributed by atoms with Crippen molar-refractivity contribution in [3.05, 3.63) is 82.5 Å². The molecule has 206 valence electrons. The van der Waals surface area contributed by atoms with Crippen molar-refractivity contribution in [1.82, 2.24) is 15.0 Å². The SMILES string of the molecule is COCc1cc(C2=NN=C3CC2CCN=C(OCc2ccc(C(=O)N4CC(F)(F)C4)cn2)c2ccccc23)no1. The number of pyridine rings is 1. The van der Waals surface area contributed by atoms with Crippen LogP contribution in [0.3, 0.4) is 0 Å². The van der Waals surface area contributed by atoms with Gasteiger partial charge in [-0.05, 0) is 24.6 Å². The van der Waals surface area contributed by atoms with Gasteiger partial charge in [-0.2, -0.15) is 10.2 Å². The van der Waals surface area contributed by atoms with Crippen molar-refractivity contribution in [2.24, 2.45) is 21.1 Å². The molecular weight excluding hydrogens is 522 g/mol. The van der Waals surface area contributed by atoms with Gasteiger partial charge in [-0.25, -0.2) is 8.78 Å². The number of rotatable bonds is 6. The molecule has 0 aliphatic carbocycles. The standard InChI is InChI=1S/C28H26F2N6O4/c1-38-14-20-11-24(35-40-20)25-17-8-9-31-26(22-5-3-2-4-21(22)23(10-17)33-34-25)39-13-19-7-6-18(12-32-19)27(37)36-15-28(29,30)16-36/h2-7,11-12,17H,8-10,13-16H2,1H3. The fraction of sp³-hybridized carbons (Fsp3) is 0.357. The van der Waals surface area contributed by atoms with Crippen LogP contribution in [-0.2, 0) is 22.7 Å². The second-order valence-corrected chi connectivity index (χ2v) is 9.91. The molecule has 1 unspecified atom stereocenters. The minimum atomic E-state index is -2.81. The van der Waals surface area contributed by atoms with Crippen molar-refractivity contribution < 1.29 is 27.6 Å². The molecule has 12 heteroatoms. The van der Waals surface area contributed by atoms with E-state index in [9.17, 15) is 13.6 Å². The van der Waals surface area contributed by atoms with E-state index in [0.29, 0.717) is 49.0 Å². The predicted octanol–water partition coefficient (Wildman–Crippen LogP) is 3.89. The van der Waals surface area contributed by atoms with Gasteiger partial charge in [0, 0.05) is 49.4 Å². The van der Waals surface area contributed by atoms with E-state index in [1.54, 1.807) is 19.2 Å². The molecule has 0 spiro atoms. The van der Waals surface area contributed by atoms with E-state index in [4.69, 9.17) is 19.0 Å². The highest BCUT2D eigenvalue weighted by atomic mass is 19.3. The molecular formula is C28H26F2N6O4. The van der Waals surface area contributed by atoms with Gasteiger partial charge in [0.2, 0.25) is 5.90 Å². The van der Waals surface area contributed by atoms with E-state index in [1.807, 2.05) is 30.3 Å². The Hall–Kier alpha value is -4.32. The number of aromatic nitrogens is 2. The highest BCUT2D eigenvalue weighted by molar-refractivity contribution is 6.14. The average molecular weight is 549 g/mol. The Kier molecular flexibility index (Phi) is 6.93. The summed E-state index contributed by atoms with van der Waals surface area (Å²) in [4.78, 5) is 22.6. The second kappa shape index (κ2) is 10.7. The maximum atomic E-state index is 13.1. The van der Waals surface area contributed by atoms with E-state index in [2.05, 4.69) is 20.3 Å². The Balaban J connectivity index is 1.19. The first-order valence-corrected chi connectivity index (χ1v) is 12.9. The number of hydrogen-bond acceptors (Lipinski definition) is 9. The highest BCUT2D eigenvalue weighted by Gasteiger charge is 2.46. The molecule has 1 saturated heterocycles. The molecule has 1 amide bonds. The number of ether oxygens (including phenoxy) is 2. The molecule has 6 rings (SSSR count). The number of nitrogens with zero attached hydrogens (tertiary/aromatic N) is 6. The van der Waals surface area contributed by atoms with Crippen LogP contribution in [0.4, 0.5) is 8.78 Å². The van der Waals surface area contributed by atoms with E-state index >= 15 is 0 Å². The van der Waals surface area contributed by atoms with Crippen molar-refractivity contribution in [3.8, 4) is 0 Å². The molecule has 3 aliphatic rings. The van der Waals surface area contributed by atoms with Crippen LogP contribution in [0.1, 0.15) is 51.5 Å². The van der Waals surface area contributed by atoms with E-state index < -0.39 is 24.9 Å². The molecule has 0 radical (unpaired) electrons. The van der Waals surface area contributed by atoms with E-state index in [1.165, 1.54) is 6.20 Å². The Bertz CT molecular complexity index is 1510. The topological polar surface area (TPSA) is 115 Å². The van der Waals surface area contributed by atoms with Crippen LogP contribution < -0.4 is 0 Å². The third-order valence-corrected chi connectivity index (χ3v) is 6.97. The van der Waals surface area contributed by atoms with Gasteiger partial charge in [0.25, 0.3) is 11.8 Å². The number of fused-ring (bicyclic) bond motifs is 4. The molecule has 5 heterocycles. The fourth-order valence-corrected chi connectivity index (χ4v) is 4.94. The molecule has 1 aromatic carbocycles. The lowest BCUT2D eigenvalue weighted by atomic mass is 9.87. The van der Waals surface area contributed by atoms with Crippen LogP contribution in [0.25, 0.3) is 0 Å². The number of likely N-dealkylation sites (tertiary alicyclic amines) is 1. The fourth-order valence-electron chi connectivity index (χ4n) is 4.94. The average Bonchev–Trinajstić information content (AvgIpc) is 3.43. The van der Waals surface area contributed by atoms with Gasteiger partial charge in [0.05, 0.1) is 35.8 Å². The first-order valence-electron chi connectivity index (χ1n) is 12.9. The largest absolute Gasteiger partial charge is 0.471 e. The normalized spacial score (nSPS) is 19.6. The molecule has 1 fully saturated rings. The van der Waals surface area contributed by atoms with Crippen LogP contribution in [0.5, 0.6) is 0 Å². The summed E-state index contributed by atoms with van der Waals surface area (Å²) in [5, 5.41) is 13.3. The molecule has 40 heavy (non-hydrogen) atoms. The molecule has 3 aliphatic heterocycles. The zero-order chi connectivity index (χ0) is 27.7. The van der Waals surface area contributed by atoms with Crippen LogP contribution >= 0.6 is 0 Å². The molecule has 0 N–H and O–H groups in total. The Morgan fingerprint density at radius 2 is 1.95 bits per heavy atom. The summed E-state index contributed by atoms with van der Waals surface area (Å²) in [6, 6.07) is 12.8. The number of aliphatic imine (C=N–C) groups is 1. The number of hydrogen-bond donors (Lipinski definition) is 0. The molecule has 3 aromatic rings. The molecule has 2 bridgehead atoms. The van der Waals surface area contributed by atoms with Crippen molar-refractivity contribution in [2.75, 3.05) is 26.7 Å². The third kappa shape index (κ3) is 5.26. The summed E-state index contributed by atoms with van der Waals surface area (Å²) >= 11 is 0. The van der Waals surface area contributed by atoms with Crippen LogP contribution in [0, 0.1) is 5.92 Å². The van der Waals surface area contributed by atoms with Gasteiger partial charge in [-0.3, -0.25) is 14.8 Å². The number of carbonyl (C=O) groups is 1. The van der Waals surface area contributed by atoms with Crippen molar-refractivity contribution in [2.45, 2.75) is 32.0 Å². The first kappa shape index (κ1) is 25.9. The minimum absolute atomic E-state index is 0.0438.